The topological polar surface area (TPSA) is 74.7 Å². The van der Waals surface area contributed by atoms with Gasteiger partial charge in [0, 0.05) is 0 Å². The molecule has 0 bridgehead atoms. The molecule has 22 heavy (non-hydrogen) atoms. The van der Waals surface area contributed by atoms with Gasteiger partial charge in [-0.05, 0) is 12.1 Å². The summed E-state index contributed by atoms with van der Waals surface area (Å²) in [5.74, 6) is -2.29. The third kappa shape index (κ3) is 4.56. The number of carboxylic acid groups (broad SMARTS) is 1. The van der Waals surface area contributed by atoms with Crippen molar-refractivity contribution in [3.05, 3.63) is 35.4 Å². The van der Waals surface area contributed by atoms with Gasteiger partial charge in [0.2, 0.25) is 0 Å². The SMILES string of the molecule is C[CH2][Sn]([CH2]C)[CH2]C.O=C(O)CN1C(=O)c2ccccc2C1=O. The van der Waals surface area contributed by atoms with Crippen LogP contribution in [0.15, 0.2) is 24.3 Å². The molecule has 119 valence electrons. The summed E-state index contributed by atoms with van der Waals surface area (Å²) >= 11 is -0.653. The Balaban J connectivity index is 0.000000295. The molecule has 0 atom stereocenters. The molecule has 1 N–H and O–H groups in total. The molecule has 0 fully saturated rings. The third-order valence-electron chi connectivity index (χ3n) is 3.67. The Hall–Kier alpha value is -1.37. The Labute approximate surface area is 138 Å². The molecule has 1 aromatic rings. The molecule has 1 aliphatic heterocycles. The first-order valence-corrected chi connectivity index (χ1v) is 13.5. The molecule has 0 aromatic heterocycles. The van der Waals surface area contributed by atoms with Crippen molar-refractivity contribution < 1.29 is 19.5 Å². The number of nitrogens with zero attached hydrogens (tertiary/aromatic N) is 1. The second-order valence-corrected chi connectivity index (χ2v) is 15.3. The molecule has 0 saturated heterocycles. The molecular formula is C16H22NO4Sn. The van der Waals surface area contributed by atoms with Gasteiger partial charge >= 0.3 is 59.8 Å². The number of amides is 2. The first-order chi connectivity index (χ1) is 10.5. The van der Waals surface area contributed by atoms with Crippen LogP contribution in [0.4, 0.5) is 0 Å². The third-order valence-corrected chi connectivity index (χ3v) is 12.2. The van der Waals surface area contributed by atoms with Crippen LogP contribution in [0, 0.1) is 0 Å². The van der Waals surface area contributed by atoms with Crippen LogP contribution in [0.3, 0.4) is 0 Å². The number of benzene rings is 1. The summed E-state index contributed by atoms with van der Waals surface area (Å²) in [4.78, 5) is 34.3. The number of carboxylic acids is 1. The molecule has 5 nitrogen and oxygen atoms in total. The summed E-state index contributed by atoms with van der Waals surface area (Å²) < 4.78 is 4.65. The predicted molar refractivity (Wildman–Crippen MR) is 86.6 cm³/mol. The number of rotatable bonds is 5. The van der Waals surface area contributed by atoms with Gasteiger partial charge in [-0.25, -0.2) is 0 Å². The fourth-order valence-corrected chi connectivity index (χ4v) is 6.55. The summed E-state index contributed by atoms with van der Waals surface area (Å²) in [7, 11) is 0. The van der Waals surface area contributed by atoms with E-state index in [9.17, 15) is 14.4 Å². The van der Waals surface area contributed by atoms with Crippen LogP contribution in [0.25, 0.3) is 0 Å². The first-order valence-electron chi connectivity index (χ1n) is 7.46. The number of hydrogen-bond donors (Lipinski definition) is 1. The van der Waals surface area contributed by atoms with Gasteiger partial charge in [-0.15, -0.1) is 0 Å². The Kier molecular flexibility index (Phi) is 7.58. The molecule has 0 aliphatic carbocycles. The van der Waals surface area contributed by atoms with Crippen LogP contribution in [-0.4, -0.2) is 54.1 Å². The largest absolute Gasteiger partial charge is 0.480 e. The van der Waals surface area contributed by atoms with Gasteiger partial charge in [-0.1, -0.05) is 12.1 Å². The van der Waals surface area contributed by atoms with E-state index in [-0.39, 0.29) is 11.1 Å². The Morgan fingerprint density at radius 2 is 1.41 bits per heavy atom. The molecule has 1 aromatic carbocycles. The van der Waals surface area contributed by atoms with E-state index in [1.807, 2.05) is 0 Å². The number of aliphatic carboxylic acids is 1. The first kappa shape index (κ1) is 18.7. The van der Waals surface area contributed by atoms with E-state index in [1.54, 1.807) is 25.4 Å². The average molecular weight is 411 g/mol. The average Bonchev–Trinajstić information content (AvgIpc) is 2.75. The monoisotopic (exact) mass is 412 g/mol. The van der Waals surface area contributed by atoms with Crippen LogP contribution in [0.5, 0.6) is 0 Å². The van der Waals surface area contributed by atoms with Crippen molar-refractivity contribution in [3.63, 3.8) is 0 Å². The van der Waals surface area contributed by atoms with E-state index >= 15 is 0 Å². The van der Waals surface area contributed by atoms with Gasteiger partial charge in [-0.2, -0.15) is 0 Å². The van der Waals surface area contributed by atoms with Gasteiger partial charge in [0.1, 0.15) is 6.54 Å². The number of fused-ring (bicyclic) bond motifs is 1. The minimum absolute atomic E-state index is 0.267. The molecule has 6 heteroatoms. The van der Waals surface area contributed by atoms with Crippen molar-refractivity contribution in [3.8, 4) is 0 Å². The van der Waals surface area contributed by atoms with Crippen molar-refractivity contribution in [1.29, 1.82) is 0 Å². The van der Waals surface area contributed by atoms with Gasteiger partial charge in [0.05, 0.1) is 11.1 Å². The molecular weight excluding hydrogens is 389 g/mol. The molecule has 2 amide bonds. The molecule has 1 heterocycles. The minimum atomic E-state index is -1.20. The summed E-state index contributed by atoms with van der Waals surface area (Å²) in [6.45, 7) is 6.46. The van der Waals surface area contributed by atoms with Crippen LogP contribution >= 0.6 is 0 Å². The molecule has 1 radical (unpaired) electrons. The van der Waals surface area contributed by atoms with E-state index in [0.717, 1.165) is 4.90 Å². The second kappa shape index (κ2) is 8.92. The fourth-order valence-electron chi connectivity index (χ4n) is 2.27. The minimum Gasteiger partial charge on any atom is -0.480 e. The van der Waals surface area contributed by atoms with Crippen LogP contribution in [0.2, 0.25) is 13.3 Å². The quantitative estimate of drug-likeness (QED) is 0.598. The van der Waals surface area contributed by atoms with E-state index in [0.29, 0.717) is 0 Å². The molecule has 2 rings (SSSR count). The van der Waals surface area contributed by atoms with Crippen molar-refractivity contribution >= 4 is 37.5 Å². The van der Waals surface area contributed by atoms with Crippen LogP contribution < -0.4 is 0 Å². The second-order valence-electron chi connectivity index (χ2n) is 4.95. The van der Waals surface area contributed by atoms with Gasteiger partial charge in [-0.3, -0.25) is 19.3 Å². The Bertz CT molecular complexity index is 514. The summed E-state index contributed by atoms with van der Waals surface area (Å²) in [5, 5.41) is 8.54. The Morgan fingerprint density at radius 1 is 1.00 bits per heavy atom. The van der Waals surface area contributed by atoms with Crippen molar-refractivity contribution in [2.24, 2.45) is 0 Å². The predicted octanol–water partition coefficient (Wildman–Crippen LogP) is 2.91. The summed E-state index contributed by atoms with van der Waals surface area (Å²) in [5.41, 5.74) is 0.535. The van der Waals surface area contributed by atoms with Crippen LogP contribution in [-0.2, 0) is 4.79 Å². The van der Waals surface area contributed by atoms with E-state index in [4.69, 9.17) is 5.11 Å². The summed E-state index contributed by atoms with van der Waals surface area (Å²) in [6, 6.07) is 6.29. The van der Waals surface area contributed by atoms with Crippen LogP contribution in [0.1, 0.15) is 41.5 Å². The van der Waals surface area contributed by atoms with Crippen molar-refractivity contribution in [2.45, 2.75) is 34.1 Å². The van der Waals surface area contributed by atoms with Gasteiger partial charge < -0.3 is 5.11 Å². The zero-order chi connectivity index (χ0) is 16.7. The van der Waals surface area contributed by atoms with Crippen molar-refractivity contribution in [1.82, 2.24) is 4.90 Å². The van der Waals surface area contributed by atoms with E-state index in [1.165, 1.54) is 12.1 Å². The zero-order valence-corrected chi connectivity index (χ0v) is 16.1. The smallest absolute Gasteiger partial charge is 0.323 e. The molecule has 1 aliphatic rings. The number of hydrogen-bond acceptors (Lipinski definition) is 3. The normalized spacial score (nSPS) is 13.0. The maximum Gasteiger partial charge on any atom is 0.323 e. The van der Waals surface area contributed by atoms with Gasteiger partial charge in [0.25, 0.3) is 11.8 Å². The zero-order valence-electron chi connectivity index (χ0n) is 13.3. The van der Waals surface area contributed by atoms with Gasteiger partial charge in [0.15, 0.2) is 0 Å². The maximum atomic E-state index is 11.6. The molecule has 0 unspecified atom stereocenters. The number of carbonyl (C=O) groups is 3. The number of carbonyl (C=O) groups excluding carboxylic acids is 2. The van der Waals surface area contributed by atoms with E-state index in [2.05, 4.69) is 20.8 Å². The summed E-state index contributed by atoms with van der Waals surface area (Å²) in [6.07, 6.45) is 0. The fraction of sp³-hybridized carbons (Fsp3) is 0.438. The Morgan fingerprint density at radius 3 is 1.68 bits per heavy atom. The molecule has 0 spiro atoms. The van der Waals surface area contributed by atoms with E-state index < -0.39 is 44.1 Å². The molecule has 0 saturated carbocycles. The van der Waals surface area contributed by atoms with Crippen molar-refractivity contribution in [2.75, 3.05) is 6.54 Å². The standard InChI is InChI=1S/C10H7NO4.3C2H5.Sn/c12-8(13)5-11-9(14)6-3-1-2-4-7(6)10(11)15;3*1-2;/h1-4H,5H2,(H,12,13);3*1H2,2H3;. The maximum absolute atomic E-state index is 11.6. The number of imide groups is 1.